The summed E-state index contributed by atoms with van der Waals surface area (Å²) in [6.45, 7) is 8.17. The van der Waals surface area contributed by atoms with Crippen molar-refractivity contribution in [1.29, 1.82) is 0 Å². The van der Waals surface area contributed by atoms with Crippen LogP contribution in [0.5, 0.6) is 0 Å². The van der Waals surface area contributed by atoms with Crippen LogP contribution in [0.1, 0.15) is 5.56 Å². The molecule has 0 aliphatic rings. The van der Waals surface area contributed by atoms with E-state index >= 15 is 13.2 Å². The summed E-state index contributed by atoms with van der Waals surface area (Å²) in [7, 11) is 0. The Labute approximate surface area is 527 Å². The summed E-state index contributed by atoms with van der Waals surface area (Å²) in [6, 6.07) is 90.2. The van der Waals surface area contributed by atoms with Crippen molar-refractivity contribution >= 4 is 49.3 Å². The molecule has 92 heavy (non-hydrogen) atoms. The minimum absolute atomic E-state index is 0.0732. The summed E-state index contributed by atoms with van der Waals surface area (Å²) in [5.74, 6) is 0. The lowest BCUT2D eigenvalue weighted by Crippen LogP contribution is -2.13. The van der Waals surface area contributed by atoms with Crippen LogP contribution in [0.2, 0.25) is 0 Å². The van der Waals surface area contributed by atoms with E-state index in [2.05, 4.69) is 41.2 Å². The monoisotopic (exact) mass is 1190 g/mol. The van der Waals surface area contributed by atoms with Crippen LogP contribution in [-0.2, 0) is 6.18 Å². The fraction of sp³-hybridized carbons (Fsp3) is 0.0122. The molecule has 0 atom stereocenters. The fourth-order valence-electron chi connectivity index (χ4n) is 12.8. The van der Waals surface area contributed by atoms with E-state index in [1.807, 2.05) is 242 Å². The van der Waals surface area contributed by atoms with Gasteiger partial charge in [-0.3, -0.25) is 19.9 Å². The summed E-state index contributed by atoms with van der Waals surface area (Å²) >= 11 is 0. The Morgan fingerprint density at radius 2 is 0.598 bits per heavy atom. The van der Waals surface area contributed by atoms with Gasteiger partial charge in [0.15, 0.2) is 5.69 Å². The minimum Gasteiger partial charge on any atom is -0.309 e. The van der Waals surface area contributed by atoms with Crippen LogP contribution < -0.4 is 0 Å². The van der Waals surface area contributed by atoms with Crippen molar-refractivity contribution in [1.82, 2.24) is 29.1 Å². The molecule has 0 spiro atoms. The Morgan fingerprint density at radius 1 is 0.283 bits per heavy atom. The van der Waals surface area contributed by atoms with Gasteiger partial charge in [0.25, 0.3) is 0 Å². The minimum atomic E-state index is -4.88. The number of nitrogens with zero attached hydrogens (tertiary/aromatic N) is 7. The number of fused-ring (bicyclic) bond motifs is 6. The van der Waals surface area contributed by atoms with E-state index in [-0.39, 0.29) is 11.4 Å². The van der Waals surface area contributed by atoms with Gasteiger partial charge in [0.1, 0.15) is 0 Å². The molecule has 16 rings (SSSR count). The third-order valence-corrected chi connectivity index (χ3v) is 17.4. The maximum absolute atomic E-state index is 16.9. The molecule has 0 aliphatic heterocycles. The van der Waals surface area contributed by atoms with Crippen LogP contribution in [0.25, 0.3) is 160 Å². The largest absolute Gasteiger partial charge is 0.418 e. The molecule has 0 saturated carbocycles. The van der Waals surface area contributed by atoms with E-state index in [9.17, 15) is 0 Å². The molecule has 0 fully saturated rings. The second-order valence-electron chi connectivity index (χ2n) is 22.8. The van der Waals surface area contributed by atoms with Gasteiger partial charge in [0, 0.05) is 96.4 Å². The van der Waals surface area contributed by atoms with Crippen molar-refractivity contribution in [2.45, 2.75) is 6.18 Å². The maximum Gasteiger partial charge on any atom is 0.418 e. The van der Waals surface area contributed by atoms with Crippen LogP contribution in [0.4, 0.5) is 18.9 Å². The molecule has 6 aromatic heterocycles. The second kappa shape index (κ2) is 22.7. The van der Waals surface area contributed by atoms with Gasteiger partial charge in [-0.2, -0.15) is 13.2 Å². The maximum atomic E-state index is 16.9. The van der Waals surface area contributed by atoms with Crippen molar-refractivity contribution in [3.8, 4) is 112 Å². The molecule has 0 saturated heterocycles. The first kappa shape index (κ1) is 55.0. The Balaban J connectivity index is 0.918. The van der Waals surface area contributed by atoms with Crippen molar-refractivity contribution in [2.24, 2.45) is 0 Å². The second-order valence-corrected chi connectivity index (χ2v) is 22.8. The van der Waals surface area contributed by atoms with Gasteiger partial charge in [0.2, 0.25) is 0 Å². The molecule has 16 aromatic rings. The summed E-state index contributed by atoms with van der Waals surface area (Å²) in [6.07, 6.45) is 2.54. The van der Waals surface area contributed by atoms with Crippen molar-refractivity contribution in [3.05, 3.63) is 321 Å². The van der Waals surface area contributed by atoms with Gasteiger partial charge in [-0.15, -0.1) is 0 Å². The van der Waals surface area contributed by atoms with Crippen LogP contribution in [0.3, 0.4) is 0 Å². The van der Waals surface area contributed by atoms with E-state index < -0.39 is 11.7 Å². The lowest BCUT2D eigenvalue weighted by Gasteiger charge is -2.22. The third kappa shape index (κ3) is 10.0. The number of halogens is 3. The highest BCUT2D eigenvalue weighted by molar-refractivity contribution is 6.14. The third-order valence-electron chi connectivity index (χ3n) is 17.4. The van der Waals surface area contributed by atoms with Gasteiger partial charge in [-0.1, -0.05) is 188 Å². The fourth-order valence-corrected chi connectivity index (χ4v) is 12.8. The van der Waals surface area contributed by atoms with Crippen molar-refractivity contribution < 1.29 is 13.2 Å². The molecule has 0 unspecified atom stereocenters. The average Bonchev–Trinajstić information content (AvgIpc) is 1.54. The first-order valence-corrected chi connectivity index (χ1v) is 30.2. The number of benzene rings is 10. The molecule has 0 bridgehead atoms. The number of hydrogen-bond donors (Lipinski definition) is 0. The highest BCUT2D eigenvalue weighted by Crippen LogP contribution is 2.47. The Bertz CT molecular complexity index is 5230. The van der Waals surface area contributed by atoms with E-state index in [4.69, 9.17) is 26.5 Å². The number of rotatable bonds is 11. The number of hydrogen-bond acceptors (Lipinski definition) is 4. The first-order chi connectivity index (χ1) is 45.2. The zero-order valence-electron chi connectivity index (χ0n) is 49.1. The number of alkyl halides is 3. The van der Waals surface area contributed by atoms with E-state index in [1.165, 1.54) is 6.07 Å². The SMILES string of the molecule is [C-]#[N+]c1cccc(-c2cc(-n3c4ccc(-c5ccc(-c6ccccc6)nc5)cc4c4cc(-c5ccc(-c6ccccc6)nc5)ccc43)c(C(F)(F)F)cc2-n2c3ccc(-c4ccc(-c5ccccc5)nc4)cc3c3cc(-c4ccc(-c5ccccc5)nc4)ccc32)c1. The number of pyridine rings is 4. The number of aromatic nitrogens is 6. The van der Waals surface area contributed by atoms with Gasteiger partial charge >= 0.3 is 6.18 Å². The summed E-state index contributed by atoms with van der Waals surface area (Å²) in [4.78, 5) is 23.3. The molecular weight excluding hydrogens is 1140 g/mol. The van der Waals surface area contributed by atoms with Crippen LogP contribution in [-0.4, -0.2) is 29.1 Å². The quantitative estimate of drug-likeness (QED) is 0.121. The summed E-state index contributed by atoms with van der Waals surface area (Å²) in [5, 5.41) is 3.14. The first-order valence-electron chi connectivity index (χ1n) is 30.2. The van der Waals surface area contributed by atoms with Gasteiger partial charge in [-0.05, 0) is 119 Å². The average molecular weight is 1190 g/mol. The van der Waals surface area contributed by atoms with Gasteiger partial charge in [-0.25, -0.2) is 4.85 Å². The lowest BCUT2D eigenvalue weighted by molar-refractivity contribution is -0.137. The smallest absolute Gasteiger partial charge is 0.309 e. The van der Waals surface area contributed by atoms with Crippen molar-refractivity contribution in [3.63, 3.8) is 0 Å². The molecule has 10 aromatic carbocycles. The van der Waals surface area contributed by atoms with Gasteiger partial charge < -0.3 is 9.13 Å². The molecule has 434 valence electrons. The zero-order valence-corrected chi connectivity index (χ0v) is 49.1. The van der Waals surface area contributed by atoms with Crippen molar-refractivity contribution in [2.75, 3.05) is 0 Å². The zero-order chi connectivity index (χ0) is 61.9. The summed E-state index contributed by atoms with van der Waals surface area (Å²) < 4.78 is 54.4. The molecule has 10 heteroatoms. The van der Waals surface area contributed by atoms with Crippen LogP contribution >= 0.6 is 0 Å². The predicted molar refractivity (Wildman–Crippen MR) is 366 cm³/mol. The van der Waals surface area contributed by atoms with E-state index in [0.717, 1.165) is 111 Å². The molecule has 0 N–H and O–H groups in total. The molecule has 0 aliphatic carbocycles. The lowest BCUT2D eigenvalue weighted by atomic mass is 9.98. The van der Waals surface area contributed by atoms with Gasteiger partial charge in [0.05, 0.1) is 68.4 Å². The van der Waals surface area contributed by atoms with E-state index in [0.29, 0.717) is 38.9 Å². The molecular formula is C82H50F3N7. The molecule has 0 amide bonds. The molecule has 7 nitrogen and oxygen atoms in total. The Morgan fingerprint density at radius 3 is 0.902 bits per heavy atom. The molecule has 6 heterocycles. The van der Waals surface area contributed by atoms with Crippen LogP contribution in [0.15, 0.2) is 304 Å². The molecule has 0 radical (unpaired) electrons. The highest BCUT2D eigenvalue weighted by Gasteiger charge is 2.37. The summed E-state index contributed by atoms with van der Waals surface area (Å²) in [5.41, 5.74) is 17.5. The topological polar surface area (TPSA) is 65.8 Å². The van der Waals surface area contributed by atoms with E-state index in [1.54, 1.807) is 28.8 Å². The predicted octanol–water partition coefficient (Wildman–Crippen LogP) is 22.0. The van der Waals surface area contributed by atoms with Crippen LogP contribution in [0, 0.1) is 6.57 Å². The standard InChI is InChI=1S/C82H50F3N7/c1-86-65-24-14-23-60(41-65)66-46-81(92-78-39-31-58(63-27-35-74(89-50-63)54-19-10-4-11-20-54)44-69(78)70-45-59(32-40-79(70)92)64-28-36-75(90-51-64)55-21-12-5-13-22-55)71(82(83,84)85)47-80(66)91-76-37-29-56(61-25-33-72(87-48-61)52-15-6-2-7-16-52)42-67(76)68-43-57(30-38-77(68)91)62-26-34-73(88-49-62)53-17-8-3-9-18-53/h2-51H. The normalized spacial score (nSPS) is 11.6. The Hall–Kier alpha value is -12.3. The Kier molecular flexibility index (Phi) is 13.6. The highest BCUT2D eigenvalue weighted by atomic mass is 19.4.